The molecule has 0 amide bonds. The van der Waals surface area contributed by atoms with E-state index in [9.17, 15) is 0 Å². The molecule has 0 radical (unpaired) electrons. The molecule has 3 N–H and O–H groups in total. The van der Waals surface area contributed by atoms with Crippen LogP contribution >= 0.6 is 0 Å². The molecule has 106 valence electrons. The fraction of sp³-hybridized carbons (Fsp3) is 0.600. The van der Waals surface area contributed by atoms with Crippen molar-refractivity contribution in [2.24, 2.45) is 17.6 Å². The lowest BCUT2D eigenvalue weighted by molar-refractivity contribution is 0.548. The van der Waals surface area contributed by atoms with Crippen LogP contribution in [-0.4, -0.2) is 23.9 Å². The van der Waals surface area contributed by atoms with Crippen molar-refractivity contribution in [2.75, 3.05) is 18.0 Å². The van der Waals surface area contributed by atoms with Gasteiger partial charge >= 0.3 is 0 Å². The zero-order valence-corrected chi connectivity index (χ0v) is 12.7. The van der Waals surface area contributed by atoms with Gasteiger partial charge in [0.1, 0.15) is 11.7 Å². The minimum Gasteiger partial charge on any atom is -0.384 e. The number of nitrogens with zero attached hydrogens (tertiary/aromatic N) is 2. The van der Waals surface area contributed by atoms with E-state index in [1.165, 1.54) is 0 Å². The van der Waals surface area contributed by atoms with E-state index >= 15 is 0 Å². The van der Waals surface area contributed by atoms with E-state index in [4.69, 9.17) is 11.1 Å². The van der Waals surface area contributed by atoms with Gasteiger partial charge in [-0.25, -0.2) is 4.98 Å². The highest BCUT2D eigenvalue weighted by atomic mass is 15.2. The summed E-state index contributed by atoms with van der Waals surface area (Å²) >= 11 is 0. The van der Waals surface area contributed by atoms with E-state index in [1.54, 1.807) is 0 Å². The van der Waals surface area contributed by atoms with Gasteiger partial charge in [-0.15, -0.1) is 0 Å². The van der Waals surface area contributed by atoms with E-state index < -0.39 is 0 Å². The zero-order chi connectivity index (χ0) is 14.6. The summed E-state index contributed by atoms with van der Waals surface area (Å²) in [7, 11) is 0. The molecule has 0 aromatic carbocycles. The zero-order valence-electron chi connectivity index (χ0n) is 12.7. The molecular weight excluding hydrogens is 236 g/mol. The Balaban J connectivity index is 3.18. The first-order valence-corrected chi connectivity index (χ1v) is 6.88. The second-order valence-corrected chi connectivity index (χ2v) is 5.93. The average molecular weight is 262 g/mol. The molecule has 1 aromatic heterocycles. The summed E-state index contributed by atoms with van der Waals surface area (Å²) in [5.41, 5.74) is 7.37. The lowest BCUT2D eigenvalue weighted by atomic mass is 10.1. The van der Waals surface area contributed by atoms with Crippen LogP contribution in [0.5, 0.6) is 0 Å². The van der Waals surface area contributed by atoms with Crippen LogP contribution in [0.4, 0.5) is 5.82 Å². The fourth-order valence-corrected chi connectivity index (χ4v) is 2.12. The van der Waals surface area contributed by atoms with Gasteiger partial charge < -0.3 is 10.6 Å². The molecular formula is C15H26N4. The highest BCUT2D eigenvalue weighted by molar-refractivity contribution is 5.99. The highest BCUT2D eigenvalue weighted by Crippen LogP contribution is 2.20. The Hall–Kier alpha value is -1.58. The molecule has 4 nitrogen and oxygen atoms in total. The summed E-state index contributed by atoms with van der Waals surface area (Å²) in [6.45, 7) is 12.6. The van der Waals surface area contributed by atoms with Gasteiger partial charge in [0.15, 0.2) is 0 Å². The number of nitrogens with one attached hydrogen (secondary N) is 1. The van der Waals surface area contributed by atoms with Crippen molar-refractivity contribution in [3.8, 4) is 0 Å². The number of anilines is 1. The summed E-state index contributed by atoms with van der Waals surface area (Å²) in [6.07, 6.45) is 0. The molecule has 0 aliphatic rings. The van der Waals surface area contributed by atoms with Crippen molar-refractivity contribution in [1.29, 1.82) is 5.41 Å². The number of amidine groups is 1. The van der Waals surface area contributed by atoms with Crippen molar-refractivity contribution < 1.29 is 0 Å². The summed E-state index contributed by atoms with van der Waals surface area (Å²) in [6, 6.07) is 3.80. The van der Waals surface area contributed by atoms with Crippen LogP contribution in [0.2, 0.25) is 0 Å². The summed E-state index contributed by atoms with van der Waals surface area (Å²) in [5, 5.41) is 7.72. The Kier molecular flexibility index (Phi) is 5.33. The lowest BCUT2D eigenvalue weighted by Gasteiger charge is -2.29. The monoisotopic (exact) mass is 262 g/mol. The van der Waals surface area contributed by atoms with Crippen molar-refractivity contribution in [3.05, 3.63) is 23.4 Å². The van der Waals surface area contributed by atoms with E-state index in [2.05, 4.69) is 37.6 Å². The SMILES string of the molecule is Cc1ccc(C(=N)N)c(N(CC(C)C)CC(C)C)n1. The van der Waals surface area contributed by atoms with Crippen molar-refractivity contribution in [2.45, 2.75) is 34.6 Å². The smallest absolute Gasteiger partial charge is 0.139 e. The molecule has 19 heavy (non-hydrogen) atoms. The van der Waals surface area contributed by atoms with Gasteiger partial charge in [0.05, 0.1) is 5.56 Å². The Labute approximate surface area is 116 Å². The molecule has 0 unspecified atom stereocenters. The molecule has 1 aromatic rings. The Morgan fingerprint density at radius 1 is 1.21 bits per heavy atom. The third kappa shape index (κ3) is 4.54. The average Bonchev–Trinajstić information content (AvgIpc) is 2.26. The van der Waals surface area contributed by atoms with Crippen LogP contribution in [0.25, 0.3) is 0 Å². The largest absolute Gasteiger partial charge is 0.384 e. The first-order chi connectivity index (χ1) is 8.81. The molecule has 0 aliphatic carbocycles. The molecule has 0 atom stereocenters. The van der Waals surface area contributed by atoms with Gasteiger partial charge in [0.25, 0.3) is 0 Å². The second kappa shape index (κ2) is 6.55. The van der Waals surface area contributed by atoms with E-state index in [0.29, 0.717) is 11.8 Å². The summed E-state index contributed by atoms with van der Waals surface area (Å²) in [4.78, 5) is 6.86. The molecule has 0 spiro atoms. The topological polar surface area (TPSA) is 66.0 Å². The number of hydrogen-bond acceptors (Lipinski definition) is 3. The number of aryl methyl sites for hydroxylation is 1. The van der Waals surface area contributed by atoms with Gasteiger partial charge in [0, 0.05) is 18.8 Å². The third-order valence-corrected chi connectivity index (χ3v) is 2.78. The number of nitrogens with two attached hydrogens (primary N) is 1. The highest BCUT2D eigenvalue weighted by Gasteiger charge is 2.17. The maximum atomic E-state index is 7.72. The fourth-order valence-electron chi connectivity index (χ4n) is 2.12. The minimum absolute atomic E-state index is 0.0833. The molecule has 0 aliphatic heterocycles. The molecule has 0 saturated carbocycles. The van der Waals surface area contributed by atoms with Crippen LogP contribution < -0.4 is 10.6 Å². The van der Waals surface area contributed by atoms with Gasteiger partial charge in [-0.05, 0) is 30.9 Å². The Morgan fingerprint density at radius 3 is 2.16 bits per heavy atom. The predicted molar refractivity (Wildman–Crippen MR) is 81.9 cm³/mol. The lowest BCUT2D eigenvalue weighted by Crippen LogP contribution is -2.34. The van der Waals surface area contributed by atoms with E-state index in [0.717, 1.165) is 30.2 Å². The van der Waals surface area contributed by atoms with Gasteiger partial charge in [-0.1, -0.05) is 27.7 Å². The minimum atomic E-state index is 0.0833. The summed E-state index contributed by atoms with van der Waals surface area (Å²) < 4.78 is 0. The van der Waals surface area contributed by atoms with Gasteiger partial charge in [0.2, 0.25) is 0 Å². The van der Waals surface area contributed by atoms with E-state index in [1.807, 2.05) is 19.1 Å². The third-order valence-electron chi connectivity index (χ3n) is 2.78. The molecule has 0 saturated heterocycles. The molecule has 4 heteroatoms. The predicted octanol–water partition coefficient (Wildman–Crippen LogP) is 2.79. The van der Waals surface area contributed by atoms with Crippen LogP contribution in [-0.2, 0) is 0 Å². The molecule has 0 fully saturated rings. The van der Waals surface area contributed by atoms with E-state index in [-0.39, 0.29) is 5.84 Å². The van der Waals surface area contributed by atoms with Crippen LogP contribution in [0.1, 0.15) is 39.0 Å². The standard InChI is InChI=1S/C15H26N4/c1-10(2)8-19(9-11(3)4)15-13(14(16)17)7-6-12(5)18-15/h6-7,10-11H,8-9H2,1-5H3,(H3,16,17). The maximum Gasteiger partial charge on any atom is 0.139 e. The van der Waals surface area contributed by atoms with Crippen molar-refractivity contribution >= 4 is 11.7 Å². The molecule has 1 heterocycles. The number of hydrogen-bond donors (Lipinski definition) is 2. The first kappa shape index (κ1) is 15.5. The van der Waals surface area contributed by atoms with Crippen molar-refractivity contribution in [3.63, 3.8) is 0 Å². The first-order valence-electron chi connectivity index (χ1n) is 6.88. The Bertz CT molecular complexity index is 428. The van der Waals surface area contributed by atoms with Crippen LogP contribution in [0.15, 0.2) is 12.1 Å². The Morgan fingerprint density at radius 2 is 1.74 bits per heavy atom. The van der Waals surface area contributed by atoms with Crippen LogP contribution in [0, 0.1) is 24.2 Å². The number of nitrogen functional groups attached to an aromatic ring is 1. The molecule has 1 rings (SSSR count). The maximum absolute atomic E-state index is 7.72. The second-order valence-electron chi connectivity index (χ2n) is 5.93. The van der Waals surface area contributed by atoms with Crippen LogP contribution in [0.3, 0.4) is 0 Å². The molecule has 0 bridgehead atoms. The quantitative estimate of drug-likeness (QED) is 0.612. The normalized spacial score (nSPS) is 11.1. The summed E-state index contributed by atoms with van der Waals surface area (Å²) in [5.74, 6) is 2.01. The number of pyridine rings is 1. The number of rotatable bonds is 6. The van der Waals surface area contributed by atoms with Gasteiger partial charge in [-0.2, -0.15) is 0 Å². The van der Waals surface area contributed by atoms with Gasteiger partial charge in [-0.3, -0.25) is 5.41 Å². The number of aromatic nitrogens is 1. The van der Waals surface area contributed by atoms with Crippen molar-refractivity contribution in [1.82, 2.24) is 4.98 Å².